The number of aromatic nitrogens is 4. The summed E-state index contributed by atoms with van der Waals surface area (Å²) in [5.74, 6) is 1.97. The zero-order valence-electron chi connectivity index (χ0n) is 19.1. The Kier molecular flexibility index (Phi) is 5.98. The standard InChI is InChI=1S/C27H25F2N5S/c28-18-6-4-17(5-7-18)25-26(23-14-15-30-27(32-23)31-20-2-1-3-20)34-21(10-13-24(34)33-25)16-35-22-11-8-19(29)9-12-22/h4-9,11-12,14-15,20-21H,1-3,10,13,16H2,(H,30,31,32). The summed E-state index contributed by atoms with van der Waals surface area (Å²) in [6.07, 6.45) is 7.13. The molecule has 1 atom stereocenters. The Morgan fingerprint density at radius 1 is 0.914 bits per heavy atom. The maximum Gasteiger partial charge on any atom is 0.223 e. The Balaban J connectivity index is 1.38. The molecule has 5 nitrogen and oxygen atoms in total. The molecule has 2 aromatic carbocycles. The predicted octanol–water partition coefficient (Wildman–Crippen LogP) is 6.53. The summed E-state index contributed by atoms with van der Waals surface area (Å²) in [4.78, 5) is 15.4. The third-order valence-electron chi connectivity index (χ3n) is 6.76. The van der Waals surface area contributed by atoms with Crippen LogP contribution in [0.25, 0.3) is 22.6 Å². The fourth-order valence-electron chi connectivity index (χ4n) is 4.70. The van der Waals surface area contributed by atoms with E-state index in [-0.39, 0.29) is 17.7 Å². The lowest BCUT2D eigenvalue weighted by Crippen LogP contribution is -2.28. The van der Waals surface area contributed by atoms with E-state index in [1.807, 2.05) is 18.2 Å². The first-order valence-corrected chi connectivity index (χ1v) is 13.0. The van der Waals surface area contributed by atoms with E-state index in [1.54, 1.807) is 30.1 Å². The van der Waals surface area contributed by atoms with E-state index in [0.29, 0.717) is 12.0 Å². The normalized spacial score (nSPS) is 17.3. The van der Waals surface area contributed by atoms with Crippen LogP contribution in [0.15, 0.2) is 65.7 Å². The lowest BCUT2D eigenvalue weighted by atomic mass is 9.93. The van der Waals surface area contributed by atoms with Crippen molar-refractivity contribution in [3.8, 4) is 22.6 Å². The van der Waals surface area contributed by atoms with Crippen molar-refractivity contribution in [3.05, 3.63) is 78.3 Å². The first-order valence-electron chi connectivity index (χ1n) is 12.0. The van der Waals surface area contributed by atoms with E-state index in [1.165, 1.54) is 30.7 Å². The minimum Gasteiger partial charge on any atom is -0.351 e. The molecule has 6 rings (SSSR count). The van der Waals surface area contributed by atoms with Crippen LogP contribution in [-0.2, 0) is 6.42 Å². The van der Waals surface area contributed by atoms with E-state index in [4.69, 9.17) is 9.97 Å². The zero-order chi connectivity index (χ0) is 23.8. The van der Waals surface area contributed by atoms with Crippen molar-refractivity contribution in [1.82, 2.24) is 19.5 Å². The first kappa shape index (κ1) is 22.2. The smallest absolute Gasteiger partial charge is 0.223 e. The summed E-state index contributed by atoms with van der Waals surface area (Å²) < 4.78 is 29.3. The molecule has 0 amide bonds. The number of rotatable bonds is 7. The van der Waals surface area contributed by atoms with E-state index >= 15 is 0 Å². The summed E-state index contributed by atoms with van der Waals surface area (Å²) in [6.45, 7) is 0. The van der Waals surface area contributed by atoms with Crippen LogP contribution in [0.2, 0.25) is 0 Å². The van der Waals surface area contributed by atoms with Gasteiger partial charge < -0.3 is 9.88 Å². The van der Waals surface area contributed by atoms with Crippen LogP contribution >= 0.6 is 11.8 Å². The van der Waals surface area contributed by atoms with Crippen molar-refractivity contribution in [2.75, 3.05) is 11.1 Å². The molecule has 1 unspecified atom stereocenters. The van der Waals surface area contributed by atoms with Gasteiger partial charge in [-0.15, -0.1) is 11.8 Å². The summed E-state index contributed by atoms with van der Waals surface area (Å²) in [7, 11) is 0. The van der Waals surface area contributed by atoms with Crippen LogP contribution in [0.1, 0.15) is 37.5 Å². The maximum atomic E-state index is 13.7. The predicted molar refractivity (Wildman–Crippen MR) is 134 cm³/mol. The lowest BCUT2D eigenvalue weighted by molar-refractivity contribution is 0.443. The summed E-state index contributed by atoms with van der Waals surface area (Å²) >= 11 is 1.71. The number of anilines is 1. The topological polar surface area (TPSA) is 55.6 Å². The molecule has 2 aromatic heterocycles. The summed E-state index contributed by atoms with van der Waals surface area (Å²) in [5, 5.41) is 3.44. The van der Waals surface area contributed by atoms with Crippen molar-refractivity contribution >= 4 is 17.7 Å². The van der Waals surface area contributed by atoms with Crippen molar-refractivity contribution in [2.24, 2.45) is 0 Å². The molecule has 0 spiro atoms. The number of nitrogens with zero attached hydrogens (tertiary/aromatic N) is 4. The average Bonchev–Trinajstić information content (AvgIpc) is 3.41. The van der Waals surface area contributed by atoms with Gasteiger partial charge in [0.25, 0.3) is 0 Å². The molecule has 1 saturated carbocycles. The molecule has 0 radical (unpaired) electrons. The number of imidazole rings is 1. The van der Waals surface area contributed by atoms with Crippen molar-refractivity contribution in [3.63, 3.8) is 0 Å². The molecule has 1 aliphatic heterocycles. The highest BCUT2D eigenvalue weighted by atomic mass is 32.2. The van der Waals surface area contributed by atoms with Gasteiger partial charge in [0.05, 0.1) is 17.1 Å². The molecule has 35 heavy (non-hydrogen) atoms. The Bertz CT molecular complexity index is 1330. The number of fused-ring (bicyclic) bond motifs is 1. The second-order valence-electron chi connectivity index (χ2n) is 9.10. The number of hydrogen-bond acceptors (Lipinski definition) is 5. The summed E-state index contributed by atoms with van der Waals surface area (Å²) in [5.41, 5.74) is 3.41. The molecular formula is C27H25F2N5S. The second-order valence-corrected chi connectivity index (χ2v) is 10.2. The van der Waals surface area contributed by atoms with Gasteiger partial charge in [-0.1, -0.05) is 0 Å². The van der Waals surface area contributed by atoms with Crippen LogP contribution in [0, 0.1) is 11.6 Å². The third-order valence-corrected chi connectivity index (χ3v) is 7.92. The van der Waals surface area contributed by atoms with Gasteiger partial charge in [0.15, 0.2) is 0 Å². The Labute approximate surface area is 207 Å². The number of hydrogen-bond donors (Lipinski definition) is 1. The van der Waals surface area contributed by atoms with Gasteiger partial charge in [-0.05, 0) is 80.3 Å². The molecule has 1 aliphatic carbocycles. The van der Waals surface area contributed by atoms with Gasteiger partial charge in [-0.3, -0.25) is 0 Å². The van der Waals surface area contributed by atoms with Crippen molar-refractivity contribution < 1.29 is 8.78 Å². The van der Waals surface area contributed by atoms with Gasteiger partial charge in [0.1, 0.15) is 17.5 Å². The lowest BCUT2D eigenvalue weighted by Gasteiger charge is -2.26. The van der Waals surface area contributed by atoms with Crippen molar-refractivity contribution in [1.29, 1.82) is 0 Å². The number of aryl methyl sites for hydroxylation is 1. The number of halogens is 2. The second kappa shape index (κ2) is 9.41. The molecular weight excluding hydrogens is 464 g/mol. The SMILES string of the molecule is Fc1ccc(SCC2CCc3nc(-c4ccc(F)cc4)c(-c4ccnc(NC5CCC5)n4)n32)cc1. The average molecular weight is 490 g/mol. The van der Waals surface area contributed by atoms with Crippen LogP contribution in [0.4, 0.5) is 14.7 Å². The first-order chi connectivity index (χ1) is 17.1. The molecule has 4 aromatic rings. The van der Waals surface area contributed by atoms with Gasteiger partial charge >= 0.3 is 0 Å². The fraction of sp³-hybridized carbons (Fsp3) is 0.296. The highest BCUT2D eigenvalue weighted by molar-refractivity contribution is 7.99. The minimum absolute atomic E-state index is 0.217. The van der Waals surface area contributed by atoms with Crippen LogP contribution in [0.3, 0.4) is 0 Å². The number of nitrogens with one attached hydrogen (secondary N) is 1. The van der Waals surface area contributed by atoms with E-state index in [0.717, 1.165) is 64.8 Å². The largest absolute Gasteiger partial charge is 0.351 e. The van der Waals surface area contributed by atoms with Gasteiger partial charge in [0.2, 0.25) is 5.95 Å². The Hall–Kier alpha value is -3.26. The monoisotopic (exact) mass is 489 g/mol. The summed E-state index contributed by atoms with van der Waals surface area (Å²) in [6, 6.07) is 15.7. The molecule has 1 N–H and O–H groups in total. The van der Waals surface area contributed by atoms with Gasteiger partial charge in [-0.25, -0.2) is 23.7 Å². The van der Waals surface area contributed by atoms with E-state index in [9.17, 15) is 8.78 Å². The van der Waals surface area contributed by atoms with Crippen LogP contribution in [0.5, 0.6) is 0 Å². The highest BCUT2D eigenvalue weighted by Gasteiger charge is 2.31. The van der Waals surface area contributed by atoms with Crippen LogP contribution < -0.4 is 5.32 Å². The quantitative estimate of drug-likeness (QED) is 0.299. The molecule has 1 fully saturated rings. The maximum absolute atomic E-state index is 13.7. The van der Waals surface area contributed by atoms with Gasteiger partial charge in [0, 0.05) is 40.9 Å². The highest BCUT2D eigenvalue weighted by Crippen LogP contribution is 2.41. The number of thioether (sulfide) groups is 1. The minimum atomic E-state index is -0.273. The van der Waals surface area contributed by atoms with Crippen LogP contribution in [-0.4, -0.2) is 31.3 Å². The van der Waals surface area contributed by atoms with Gasteiger partial charge in [-0.2, -0.15) is 0 Å². The number of benzene rings is 2. The molecule has 8 heteroatoms. The van der Waals surface area contributed by atoms with E-state index in [2.05, 4.69) is 14.9 Å². The molecule has 178 valence electrons. The fourth-order valence-corrected chi connectivity index (χ4v) is 5.73. The molecule has 2 aliphatic rings. The Morgan fingerprint density at radius 3 is 2.37 bits per heavy atom. The van der Waals surface area contributed by atoms with Crippen molar-refractivity contribution in [2.45, 2.75) is 49.1 Å². The third kappa shape index (κ3) is 4.55. The molecule has 0 saturated heterocycles. The zero-order valence-corrected chi connectivity index (χ0v) is 19.9. The Morgan fingerprint density at radius 2 is 1.66 bits per heavy atom. The van der Waals surface area contributed by atoms with E-state index < -0.39 is 0 Å². The molecule has 3 heterocycles. The molecule has 0 bridgehead atoms.